The van der Waals surface area contributed by atoms with Gasteiger partial charge in [-0.25, -0.2) is 4.98 Å². The van der Waals surface area contributed by atoms with Crippen molar-refractivity contribution >= 4 is 17.9 Å². The zero-order valence-corrected chi connectivity index (χ0v) is 8.32. The van der Waals surface area contributed by atoms with Gasteiger partial charge in [0.2, 0.25) is 4.77 Å². The molecule has 0 spiro atoms. The third-order valence-corrected chi connectivity index (χ3v) is 2.20. The van der Waals surface area contributed by atoms with E-state index in [1.807, 2.05) is 16.8 Å². The Bertz CT molecular complexity index is 630. The van der Waals surface area contributed by atoms with Gasteiger partial charge in [0.05, 0.1) is 6.20 Å². The highest BCUT2D eigenvalue weighted by atomic mass is 32.1. The van der Waals surface area contributed by atoms with Crippen LogP contribution in [0.15, 0.2) is 24.8 Å². The van der Waals surface area contributed by atoms with Crippen LogP contribution in [0.1, 0.15) is 0 Å². The molecule has 3 aromatic rings. The molecule has 2 N–H and O–H groups in total. The molecule has 74 valence electrons. The van der Waals surface area contributed by atoms with Crippen LogP contribution >= 0.6 is 12.2 Å². The third-order valence-electron chi connectivity index (χ3n) is 2.01. The van der Waals surface area contributed by atoms with Crippen LogP contribution in [-0.4, -0.2) is 29.5 Å². The summed E-state index contributed by atoms with van der Waals surface area (Å²) in [7, 11) is 0. The normalized spacial score (nSPS) is 10.9. The summed E-state index contributed by atoms with van der Waals surface area (Å²) >= 11 is 4.87. The maximum absolute atomic E-state index is 4.87. The van der Waals surface area contributed by atoms with Crippen LogP contribution in [0.3, 0.4) is 0 Å². The van der Waals surface area contributed by atoms with Crippen LogP contribution in [0, 0.1) is 4.77 Å². The zero-order chi connectivity index (χ0) is 10.3. The van der Waals surface area contributed by atoms with Gasteiger partial charge in [-0.1, -0.05) is 0 Å². The second-order valence-corrected chi connectivity index (χ2v) is 3.37. The molecule has 0 amide bonds. The Labute approximate surface area is 89.0 Å². The molecule has 0 aliphatic carbocycles. The van der Waals surface area contributed by atoms with Gasteiger partial charge in [-0.15, -0.1) is 0 Å². The molecule has 0 saturated heterocycles. The quantitative estimate of drug-likeness (QED) is 0.601. The summed E-state index contributed by atoms with van der Waals surface area (Å²) in [5.74, 6) is 0.628. The van der Waals surface area contributed by atoms with Gasteiger partial charge in [-0.2, -0.15) is 4.98 Å². The molecule has 0 aliphatic rings. The number of aromatic nitrogens is 6. The van der Waals surface area contributed by atoms with Gasteiger partial charge in [-0.3, -0.25) is 15.2 Å². The van der Waals surface area contributed by atoms with E-state index in [2.05, 4.69) is 25.1 Å². The molecule has 7 heteroatoms. The van der Waals surface area contributed by atoms with Crippen molar-refractivity contribution < 1.29 is 0 Å². The maximum Gasteiger partial charge on any atom is 0.213 e. The summed E-state index contributed by atoms with van der Waals surface area (Å²) in [6, 6.07) is 0. The summed E-state index contributed by atoms with van der Waals surface area (Å²) in [6.45, 7) is 0. The van der Waals surface area contributed by atoms with Crippen molar-refractivity contribution in [3.05, 3.63) is 29.6 Å². The van der Waals surface area contributed by atoms with Crippen molar-refractivity contribution in [1.82, 2.24) is 29.5 Å². The van der Waals surface area contributed by atoms with Crippen LogP contribution in [-0.2, 0) is 0 Å². The van der Waals surface area contributed by atoms with Gasteiger partial charge >= 0.3 is 0 Å². The fraction of sp³-hybridized carbons (Fsp3) is 0. The topological polar surface area (TPSA) is 74.7 Å². The van der Waals surface area contributed by atoms with E-state index in [-0.39, 0.29) is 0 Å². The number of nitrogens with zero attached hydrogens (tertiary/aromatic N) is 4. The van der Waals surface area contributed by atoms with Gasteiger partial charge < -0.3 is 4.40 Å². The number of aromatic amines is 2. The largest absolute Gasteiger partial charge is 0.303 e. The van der Waals surface area contributed by atoms with Crippen molar-refractivity contribution in [2.45, 2.75) is 0 Å². The van der Waals surface area contributed by atoms with Gasteiger partial charge in [0.15, 0.2) is 11.5 Å². The molecular formula is C8H6N6S. The number of fused-ring (bicyclic) bond motifs is 1. The molecule has 0 bridgehead atoms. The standard InChI is InChI=1S/C8H6N6S/c15-8-11-7(12-13-8)5-4-14-2-1-9-3-6(14)10-5/h1-4H,(H2,11,12,13,15). The average Bonchev–Trinajstić information content (AvgIpc) is 2.82. The lowest BCUT2D eigenvalue weighted by Crippen LogP contribution is -1.81. The van der Waals surface area contributed by atoms with E-state index in [0.717, 1.165) is 11.3 Å². The molecule has 0 atom stereocenters. The second-order valence-electron chi connectivity index (χ2n) is 2.98. The van der Waals surface area contributed by atoms with Crippen LogP contribution in [0.25, 0.3) is 17.2 Å². The minimum absolute atomic E-state index is 0.417. The highest BCUT2D eigenvalue weighted by Crippen LogP contribution is 2.12. The lowest BCUT2D eigenvalue weighted by Gasteiger charge is -1.86. The Kier molecular flexibility index (Phi) is 1.65. The van der Waals surface area contributed by atoms with Crippen molar-refractivity contribution in [2.75, 3.05) is 0 Å². The highest BCUT2D eigenvalue weighted by molar-refractivity contribution is 7.71. The molecule has 0 radical (unpaired) electrons. The first-order chi connectivity index (χ1) is 7.33. The van der Waals surface area contributed by atoms with Crippen LogP contribution < -0.4 is 0 Å². The maximum atomic E-state index is 4.87. The molecule has 3 rings (SSSR count). The first-order valence-corrected chi connectivity index (χ1v) is 4.67. The molecule has 0 aliphatic heterocycles. The monoisotopic (exact) mass is 218 g/mol. The lowest BCUT2D eigenvalue weighted by molar-refractivity contribution is 1.08. The number of hydrogen-bond acceptors (Lipinski definition) is 4. The van der Waals surface area contributed by atoms with E-state index in [1.165, 1.54) is 0 Å². The Balaban J connectivity index is 2.24. The van der Waals surface area contributed by atoms with Crippen LogP contribution in [0.4, 0.5) is 0 Å². The number of imidazole rings is 1. The van der Waals surface area contributed by atoms with Crippen LogP contribution in [0.2, 0.25) is 0 Å². The smallest absolute Gasteiger partial charge is 0.213 e. The summed E-state index contributed by atoms with van der Waals surface area (Å²) < 4.78 is 2.29. The van der Waals surface area contributed by atoms with E-state index >= 15 is 0 Å². The number of hydrogen-bond donors (Lipinski definition) is 2. The Morgan fingerprint density at radius 1 is 1.27 bits per heavy atom. The summed E-state index contributed by atoms with van der Waals surface area (Å²) in [5.41, 5.74) is 1.50. The number of H-pyrrole nitrogens is 2. The Hall–Kier alpha value is -2.02. The minimum atomic E-state index is 0.417. The minimum Gasteiger partial charge on any atom is -0.303 e. The third kappa shape index (κ3) is 1.33. The fourth-order valence-corrected chi connectivity index (χ4v) is 1.49. The number of nitrogens with one attached hydrogen (secondary N) is 2. The fourth-order valence-electron chi connectivity index (χ4n) is 1.35. The molecule has 6 nitrogen and oxygen atoms in total. The predicted octanol–water partition coefficient (Wildman–Crippen LogP) is 1.18. The molecule has 3 aromatic heterocycles. The molecule has 0 unspecified atom stereocenters. The highest BCUT2D eigenvalue weighted by Gasteiger charge is 2.06. The van der Waals surface area contributed by atoms with Gasteiger partial charge in [0.25, 0.3) is 0 Å². The molecular weight excluding hydrogens is 212 g/mol. The number of rotatable bonds is 1. The predicted molar refractivity (Wildman–Crippen MR) is 55.8 cm³/mol. The van der Waals surface area contributed by atoms with E-state index in [1.54, 1.807) is 12.4 Å². The Morgan fingerprint density at radius 3 is 2.93 bits per heavy atom. The van der Waals surface area contributed by atoms with E-state index in [0.29, 0.717) is 10.6 Å². The first-order valence-electron chi connectivity index (χ1n) is 4.27. The SMILES string of the molecule is S=c1nc(-c2cn3ccncc3n2)[nH][nH]1. The molecule has 0 saturated carbocycles. The summed E-state index contributed by atoms with van der Waals surface area (Å²) in [5, 5.41) is 5.57. The van der Waals surface area contributed by atoms with Gasteiger partial charge in [0, 0.05) is 18.6 Å². The van der Waals surface area contributed by atoms with Crippen molar-refractivity contribution in [1.29, 1.82) is 0 Å². The molecule has 0 aromatic carbocycles. The summed E-state index contributed by atoms with van der Waals surface area (Å²) in [4.78, 5) is 12.4. The van der Waals surface area contributed by atoms with E-state index < -0.39 is 0 Å². The zero-order valence-electron chi connectivity index (χ0n) is 7.51. The van der Waals surface area contributed by atoms with Crippen molar-refractivity contribution in [2.24, 2.45) is 0 Å². The van der Waals surface area contributed by atoms with E-state index in [4.69, 9.17) is 12.2 Å². The van der Waals surface area contributed by atoms with Gasteiger partial charge in [0.1, 0.15) is 5.69 Å². The first kappa shape index (κ1) is 8.30. The molecule has 15 heavy (non-hydrogen) atoms. The summed E-state index contributed by atoms with van der Waals surface area (Å²) in [6.07, 6.45) is 7.07. The van der Waals surface area contributed by atoms with Crippen LogP contribution in [0.5, 0.6) is 0 Å². The second kappa shape index (κ2) is 2.99. The van der Waals surface area contributed by atoms with Crippen molar-refractivity contribution in [3.63, 3.8) is 0 Å². The average molecular weight is 218 g/mol. The molecule has 3 heterocycles. The lowest BCUT2D eigenvalue weighted by atomic mass is 10.5. The molecule has 0 fully saturated rings. The van der Waals surface area contributed by atoms with Crippen molar-refractivity contribution in [3.8, 4) is 11.5 Å². The van der Waals surface area contributed by atoms with Gasteiger partial charge in [-0.05, 0) is 12.2 Å². The Morgan fingerprint density at radius 2 is 2.20 bits per heavy atom. The van der Waals surface area contributed by atoms with E-state index in [9.17, 15) is 0 Å².